The van der Waals surface area contributed by atoms with Crippen LogP contribution in [0.3, 0.4) is 0 Å². The van der Waals surface area contributed by atoms with E-state index in [9.17, 15) is 4.39 Å². The van der Waals surface area contributed by atoms with E-state index in [1.54, 1.807) is 12.1 Å². The molecule has 2 rings (SSSR count). The van der Waals surface area contributed by atoms with E-state index >= 15 is 0 Å². The highest BCUT2D eigenvalue weighted by Crippen LogP contribution is 2.20. The van der Waals surface area contributed by atoms with Crippen molar-refractivity contribution in [3.63, 3.8) is 0 Å². The molecule has 0 aliphatic rings. The number of aryl methyl sites for hydroxylation is 1. The first-order valence-electron chi connectivity index (χ1n) is 5.79. The second kappa shape index (κ2) is 5.02. The maximum Gasteiger partial charge on any atom is 0.143 e. The van der Waals surface area contributed by atoms with Crippen LogP contribution in [0.1, 0.15) is 17.0 Å². The monoisotopic (exact) mass is 266 g/mol. The fourth-order valence-electron chi connectivity index (χ4n) is 1.92. The summed E-state index contributed by atoms with van der Waals surface area (Å²) < 4.78 is 15.4. The van der Waals surface area contributed by atoms with Crippen LogP contribution in [0.25, 0.3) is 0 Å². The summed E-state index contributed by atoms with van der Waals surface area (Å²) in [6.45, 7) is 4.82. The topological polar surface area (TPSA) is 17.0 Å². The maximum atomic E-state index is 13.3. The highest BCUT2D eigenvalue weighted by Gasteiger charge is 2.06. The van der Waals surface area contributed by atoms with Gasteiger partial charge >= 0.3 is 0 Å². The molecule has 0 amide bonds. The lowest BCUT2D eigenvalue weighted by molar-refractivity contribution is 0.628. The predicted octanol–water partition coefficient (Wildman–Crippen LogP) is 4.05. The highest BCUT2D eigenvalue weighted by atomic mass is 35.5. The smallest absolute Gasteiger partial charge is 0.143 e. The number of hydrogen-bond donors (Lipinski definition) is 1. The molecule has 4 heteroatoms. The third-order valence-corrected chi connectivity index (χ3v) is 3.59. The van der Waals surface area contributed by atoms with E-state index in [1.165, 1.54) is 23.0 Å². The van der Waals surface area contributed by atoms with Crippen molar-refractivity contribution in [1.29, 1.82) is 0 Å². The maximum absolute atomic E-state index is 13.3. The lowest BCUT2D eigenvalue weighted by Crippen LogP contribution is -2.01. The average Bonchev–Trinajstić information content (AvgIpc) is 2.58. The number of halogens is 2. The Hall–Kier alpha value is -1.48. The number of anilines is 1. The van der Waals surface area contributed by atoms with Gasteiger partial charge in [-0.05, 0) is 43.7 Å². The van der Waals surface area contributed by atoms with Gasteiger partial charge in [-0.2, -0.15) is 0 Å². The predicted molar refractivity (Wildman–Crippen MR) is 73.6 cm³/mol. The summed E-state index contributed by atoms with van der Waals surface area (Å²) in [6, 6.07) is 6.88. The van der Waals surface area contributed by atoms with E-state index in [-0.39, 0.29) is 5.02 Å². The SMILES string of the molecule is Cc1cc(CNc2ccc(Cl)c(F)c2)c(C)n1C. The summed E-state index contributed by atoms with van der Waals surface area (Å²) in [7, 11) is 2.04. The minimum Gasteiger partial charge on any atom is -0.381 e. The molecule has 1 aromatic carbocycles. The molecule has 0 fully saturated rings. The van der Waals surface area contributed by atoms with Crippen LogP contribution in [0.5, 0.6) is 0 Å². The third-order valence-electron chi connectivity index (χ3n) is 3.28. The molecule has 0 saturated heterocycles. The van der Waals surface area contributed by atoms with Crippen LogP contribution in [-0.2, 0) is 13.6 Å². The van der Waals surface area contributed by atoms with Gasteiger partial charge in [0.05, 0.1) is 5.02 Å². The molecule has 2 nitrogen and oxygen atoms in total. The fraction of sp³-hybridized carbons (Fsp3) is 0.286. The summed E-state index contributed by atoms with van der Waals surface area (Å²) in [5.74, 6) is -0.400. The molecule has 0 radical (unpaired) electrons. The van der Waals surface area contributed by atoms with Crippen molar-refractivity contribution < 1.29 is 4.39 Å². The average molecular weight is 267 g/mol. The molecule has 0 unspecified atom stereocenters. The molecule has 96 valence electrons. The summed E-state index contributed by atoms with van der Waals surface area (Å²) in [4.78, 5) is 0. The Bertz CT molecular complexity index is 575. The standard InChI is InChI=1S/C14H16ClFN2/c1-9-6-11(10(2)18(9)3)8-17-12-4-5-13(15)14(16)7-12/h4-7,17H,8H2,1-3H3. The van der Waals surface area contributed by atoms with Gasteiger partial charge in [-0.25, -0.2) is 4.39 Å². The van der Waals surface area contributed by atoms with Gasteiger partial charge in [-0.15, -0.1) is 0 Å². The Morgan fingerprint density at radius 3 is 2.56 bits per heavy atom. The van der Waals surface area contributed by atoms with Crippen LogP contribution in [0, 0.1) is 19.7 Å². The van der Waals surface area contributed by atoms with Crippen LogP contribution < -0.4 is 5.32 Å². The molecule has 0 atom stereocenters. The van der Waals surface area contributed by atoms with Gasteiger partial charge in [0.25, 0.3) is 0 Å². The zero-order chi connectivity index (χ0) is 13.3. The van der Waals surface area contributed by atoms with E-state index in [4.69, 9.17) is 11.6 Å². The minimum absolute atomic E-state index is 0.146. The van der Waals surface area contributed by atoms with Crippen LogP contribution in [0.15, 0.2) is 24.3 Å². The first kappa shape index (κ1) is 13.0. The van der Waals surface area contributed by atoms with E-state index in [2.05, 4.69) is 29.8 Å². The van der Waals surface area contributed by atoms with Crippen molar-refractivity contribution in [3.8, 4) is 0 Å². The zero-order valence-corrected chi connectivity index (χ0v) is 11.5. The second-order valence-corrected chi connectivity index (χ2v) is 4.85. The summed E-state index contributed by atoms with van der Waals surface area (Å²) in [6.07, 6.45) is 0. The molecule has 0 saturated carbocycles. The lowest BCUT2D eigenvalue weighted by atomic mass is 10.2. The van der Waals surface area contributed by atoms with Crippen LogP contribution in [-0.4, -0.2) is 4.57 Å². The van der Waals surface area contributed by atoms with E-state index in [1.807, 2.05) is 7.05 Å². The van der Waals surface area contributed by atoms with Crippen LogP contribution in [0.4, 0.5) is 10.1 Å². The number of nitrogens with zero attached hydrogens (tertiary/aromatic N) is 1. The van der Waals surface area contributed by atoms with Crippen LogP contribution in [0.2, 0.25) is 5.02 Å². The van der Waals surface area contributed by atoms with Gasteiger partial charge in [0.2, 0.25) is 0 Å². The van der Waals surface area contributed by atoms with Crippen molar-refractivity contribution in [2.75, 3.05) is 5.32 Å². The molecule has 2 aromatic rings. The number of hydrogen-bond acceptors (Lipinski definition) is 1. The zero-order valence-electron chi connectivity index (χ0n) is 10.7. The van der Waals surface area contributed by atoms with Gasteiger partial charge in [0, 0.05) is 30.7 Å². The summed E-state index contributed by atoms with van der Waals surface area (Å²) >= 11 is 5.64. The van der Waals surface area contributed by atoms with Crippen molar-refractivity contribution in [1.82, 2.24) is 4.57 Å². The Morgan fingerprint density at radius 1 is 1.28 bits per heavy atom. The first-order valence-corrected chi connectivity index (χ1v) is 6.17. The quantitative estimate of drug-likeness (QED) is 0.887. The molecule has 1 N–H and O–H groups in total. The van der Waals surface area contributed by atoms with Gasteiger partial charge in [-0.1, -0.05) is 11.6 Å². The highest BCUT2D eigenvalue weighted by molar-refractivity contribution is 6.30. The number of rotatable bonds is 3. The minimum atomic E-state index is -0.400. The Labute approximate surface area is 111 Å². The second-order valence-electron chi connectivity index (χ2n) is 4.44. The first-order chi connectivity index (χ1) is 8.49. The summed E-state index contributed by atoms with van der Waals surface area (Å²) in [5.41, 5.74) is 4.38. The number of nitrogens with one attached hydrogen (secondary N) is 1. The summed E-state index contributed by atoms with van der Waals surface area (Å²) in [5, 5.41) is 3.34. The molecule has 0 aliphatic carbocycles. The Kier molecular flexibility index (Phi) is 3.62. The normalized spacial score (nSPS) is 10.7. The van der Waals surface area contributed by atoms with Crippen molar-refractivity contribution in [3.05, 3.63) is 52.1 Å². The number of aromatic nitrogens is 1. The fourth-order valence-corrected chi connectivity index (χ4v) is 2.03. The largest absolute Gasteiger partial charge is 0.381 e. The lowest BCUT2D eigenvalue weighted by Gasteiger charge is -2.07. The molecule has 0 bridgehead atoms. The molecular formula is C14H16ClFN2. The van der Waals surface area contributed by atoms with Crippen molar-refractivity contribution in [2.45, 2.75) is 20.4 Å². The van der Waals surface area contributed by atoms with Gasteiger partial charge in [-0.3, -0.25) is 0 Å². The van der Waals surface area contributed by atoms with Gasteiger partial charge < -0.3 is 9.88 Å². The molecule has 18 heavy (non-hydrogen) atoms. The van der Waals surface area contributed by atoms with Gasteiger partial charge in [0.1, 0.15) is 5.82 Å². The van der Waals surface area contributed by atoms with Crippen LogP contribution >= 0.6 is 11.6 Å². The molecule has 0 spiro atoms. The van der Waals surface area contributed by atoms with Crippen molar-refractivity contribution >= 4 is 17.3 Å². The Balaban J connectivity index is 2.11. The molecule has 1 aromatic heterocycles. The molecule has 1 heterocycles. The Morgan fingerprint density at radius 2 is 2.00 bits per heavy atom. The van der Waals surface area contributed by atoms with E-state index < -0.39 is 5.82 Å². The molecular weight excluding hydrogens is 251 g/mol. The third kappa shape index (κ3) is 2.51. The molecule has 0 aliphatic heterocycles. The van der Waals surface area contributed by atoms with E-state index in [0.717, 1.165) is 5.69 Å². The van der Waals surface area contributed by atoms with Gasteiger partial charge in [0.15, 0.2) is 0 Å². The van der Waals surface area contributed by atoms with Crippen molar-refractivity contribution in [2.24, 2.45) is 7.05 Å². The van der Waals surface area contributed by atoms with E-state index in [0.29, 0.717) is 6.54 Å². The number of benzene rings is 1.